The van der Waals surface area contributed by atoms with Crippen LogP contribution in [0, 0.1) is 13.8 Å². The van der Waals surface area contributed by atoms with Crippen molar-refractivity contribution in [2.45, 2.75) is 18.7 Å². The first kappa shape index (κ1) is 15.5. The molecule has 118 valence electrons. The summed E-state index contributed by atoms with van der Waals surface area (Å²) < 4.78 is 23.7. The van der Waals surface area contributed by atoms with Gasteiger partial charge in [-0.3, -0.25) is 5.10 Å². The Hall–Kier alpha value is -2.44. The predicted molar refractivity (Wildman–Crippen MR) is 90.3 cm³/mol. The number of benzene rings is 2. The molecule has 3 N–H and O–H groups in total. The Morgan fingerprint density at radius 1 is 1.00 bits per heavy atom. The number of primary sulfonamides is 1. The SMILES string of the molecule is Cc1ccc(-c2c[nH]nc2-c2ccccc2S(N)(=O)=O)c(C)c1. The maximum atomic E-state index is 11.8. The average Bonchev–Trinajstić information content (AvgIpc) is 2.95. The monoisotopic (exact) mass is 327 g/mol. The van der Waals surface area contributed by atoms with Crippen molar-refractivity contribution in [3.63, 3.8) is 0 Å². The molecule has 3 aromatic rings. The van der Waals surface area contributed by atoms with E-state index in [1.54, 1.807) is 24.4 Å². The lowest BCUT2D eigenvalue weighted by molar-refractivity contribution is 0.598. The van der Waals surface area contributed by atoms with Crippen LogP contribution in [-0.4, -0.2) is 18.6 Å². The van der Waals surface area contributed by atoms with Gasteiger partial charge in [0, 0.05) is 17.3 Å². The summed E-state index contributed by atoms with van der Waals surface area (Å²) in [6.07, 6.45) is 1.77. The highest BCUT2D eigenvalue weighted by Gasteiger charge is 2.20. The van der Waals surface area contributed by atoms with Crippen LogP contribution in [0.5, 0.6) is 0 Å². The van der Waals surface area contributed by atoms with Gasteiger partial charge in [-0.15, -0.1) is 0 Å². The van der Waals surface area contributed by atoms with Crippen molar-refractivity contribution < 1.29 is 8.42 Å². The van der Waals surface area contributed by atoms with Crippen molar-refractivity contribution in [2.24, 2.45) is 5.14 Å². The molecule has 23 heavy (non-hydrogen) atoms. The van der Waals surface area contributed by atoms with Crippen molar-refractivity contribution in [1.82, 2.24) is 10.2 Å². The van der Waals surface area contributed by atoms with E-state index in [9.17, 15) is 8.42 Å². The highest BCUT2D eigenvalue weighted by atomic mass is 32.2. The lowest BCUT2D eigenvalue weighted by Gasteiger charge is -2.10. The second-order valence-corrected chi connectivity index (χ2v) is 7.04. The molecule has 0 fully saturated rings. The third kappa shape index (κ3) is 2.91. The normalized spacial score (nSPS) is 11.6. The highest BCUT2D eigenvalue weighted by Crippen LogP contribution is 2.35. The Morgan fingerprint density at radius 3 is 2.43 bits per heavy atom. The van der Waals surface area contributed by atoms with Gasteiger partial charge in [0.1, 0.15) is 5.69 Å². The number of nitrogens with one attached hydrogen (secondary N) is 1. The van der Waals surface area contributed by atoms with Gasteiger partial charge in [-0.1, -0.05) is 42.0 Å². The summed E-state index contributed by atoms with van der Waals surface area (Å²) in [4.78, 5) is 0.0677. The van der Waals surface area contributed by atoms with Crippen LogP contribution >= 0.6 is 0 Å². The lowest BCUT2D eigenvalue weighted by Crippen LogP contribution is -2.13. The zero-order valence-electron chi connectivity index (χ0n) is 12.9. The van der Waals surface area contributed by atoms with Crippen LogP contribution in [0.1, 0.15) is 11.1 Å². The van der Waals surface area contributed by atoms with E-state index in [0.717, 1.165) is 16.7 Å². The Morgan fingerprint density at radius 2 is 1.74 bits per heavy atom. The summed E-state index contributed by atoms with van der Waals surface area (Å²) in [6, 6.07) is 12.7. The van der Waals surface area contributed by atoms with Crippen LogP contribution in [-0.2, 0) is 10.0 Å². The van der Waals surface area contributed by atoms with E-state index < -0.39 is 10.0 Å². The summed E-state index contributed by atoms with van der Waals surface area (Å²) in [6.45, 7) is 4.05. The van der Waals surface area contributed by atoms with Gasteiger partial charge >= 0.3 is 0 Å². The van der Waals surface area contributed by atoms with Crippen LogP contribution < -0.4 is 5.14 Å². The zero-order chi connectivity index (χ0) is 16.6. The minimum Gasteiger partial charge on any atom is -0.284 e. The molecule has 0 spiro atoms. The van der Waals surface area contributed by atoms with Crippen molar-refractivity contribution in [2.75, 3.05) is 0 Å². The third-order valence-corrected chi connectivity index (χ3v) is 4.73. The number of hydrogen-bond donors (Lipinski definition) is 2. The number of nitrogens with zero attached hydrogens (tertiary/aromatic N) is 1. The molecule has 0 radical (unpaired) electrons. The van der Waals surface area contributed by atoms with Gasteiger partial charge in [0.05, 0.1) is 4.90 Å². The Balaban J connectivity index is 2.24. The number of rotatable bonds is 3. The van der Waals surface area contributed by atoms with Crippen LogP contribution in [0.2, 0.25) is 0 Å². The molecule has 6 heteroatoms. The lowest BCUT2D eigenvalue weighted by atomic mass is 9.97. The van der Waals surface area contributed by atoms with Crippen LogP contribution in [0.15, 0.2) is 53.6 Å². The number of aromatic amines is 1. The average molecular weight is 327 g/mol. The highest BCUT2D eigenvalue weighted by molar-refractivity contribution is 7.89. The molecule has 0 saturated heterocycles. The summed E-state index contributed by atoms with van der Waals surface area (Å²) in [7, 11) is -3.83. The first-order valence-corrected chi connectivity index (χ1v) is 8.66. The Bertz CT molecular complexity index is 975. The molecule has 2 aromatic carbocycles. The van der Waals surface area contributed by atoms with E-state index in [1.165, 1.54) is 11.6 Å². The van der Waals surface area contributed by atoms with Crippen LogP contribution in [0.3, 0.4) is 0 Å². The number of sulfonamides is 1. The van der Waals surface area contributed by atoms with Gasteiger partial charge < -0.3 is 0 Å². The van der Waals surface area contributed by atoms with Gasteiger partial charge in [0.2, 0.25) is 10.0 Å². The fourth-order valence-corrected chi connectivity index (χ4v) is 3.47. The first-order chi connectivity index (χ1) is 10.9. The van der Waals surface area contributed by atoms with Gasteiger partial charge in [-0.25, -0.2) is 13.6 Å². The first-order valence-electron chi connectivity index (χ1n) is 7.11. The molecule has 0 unspecified atom stereocenters. The molecule has 1 aromatic heterocycles. The maximum Gasteiger partial charge on any atom is 0.238 e. The number of aryl methyl sites for hydroxylation is 2. The Kier molecular flexibility index (Phi) is 3.79. The third-order valence-electron chi connectivity index (χ3n) is 3.76. The van der Waals surface area contributed by atoms with Crippen molar-refractivity contribution in [3.05, 3.63) is 59.8 Å². The number of aromatic nitrogens is 2. The standard InChI is InChI=1S/C17H17N3O2S/c1-11-7-8-13(12(2)9-11)15-10-19-20-17(15)14-5-3-4-6-16(14)23(18,21)22/h3-10H,1-2H3,(H,19,20)(H2,18,21,22). The smallest absolute Gasteiger partial charge is 0.238 e. The van der Waals surface area contributed by atoms with E-state index in [1.807, 2.05) is 26.0 Å². The topological polar surface area (TPSA) is 88.8 Å². The fraction of sp³-hybridized carbons (Fsp3) is 0.118. The molecule has 0 aliphatic rings. The van der Waals surface area contributed by atoms with Crippen molar-refractivity contribution in [3.8, 4) is 22.4 Å². The Labute approximate surface area is 135 Å². The zero-order valence-corrected chi connectivity index (χ0v) is 13.7. The number of H-pyrrole nitrogens is 1. The largest absolute Gasteiger partial charge is 0.284 e. The van der Waals surface area contributed by atoms with Gasteiger partial charge in [0.25, 0.3) is 0 Å². The summed E-state index contributed by atoms with van der Waals surface area (Å²) in [5, 5.41) is 12.4. The van der Waals surface area contributed by atoms with E-state index in [-0.39, 0.29) is 4.90 Å². The molecule has 0 atom stereocenters. The summed E-state index contributed by atoms with van der Waals surface area (Å²) in [5.74, 6) is 0. The molecule has 0 saturated carbocycles. The van der Waals surface area contributed by atoms with Crippen LogP contribution in [0.4, 0.5) is 0 Å². The molecular weight excluding hydrogens is 310 g/mol. The maximum absolute atomic E-state index is 11.8. The van der Waals surface area contributed by atoms with Gasteiger partial charge in [-0.2, -0.15) is 5.10 Å². The molecule has 3 rings (SSSR count). The van der Waals surface area contributed by atoms with Gasteiger partial charge in [-0.05, 0) is 31.0 Å². The van der Waals surface area contributed by atoms with Crippen molar-refractivity contribution >= 4 is 10.0 Å². The van der Waals surface area contributed by atoms with E-state index in [0.29, 0.717) is 11.3 Å². The minimum absolute atomic E-state index is 0.0677. The molecular formula is C17H17N3O2S. The van der Waals surface area contributed by atoms with E-state index in [2.05, 4.69) is 16.3 Å². The molecule has 1 heterocycles. The predicted octanol–water partition coefficient (Wildman–Crippen LogP) is 3.01. The molecule has 0 bridgehead atoms. The molecule has 0 amide bonds. The fourth-order valence-electron chi connectivity index (χ4n) is 2.73. The molecule has 0 aliphatic carbocycles. The van der Waals surface area contributed by atoms with Crippen molar-refractivity contribution in [1.29, 1.82) is 0 Å². The van der Waals surface area contributed by atoms with E-state index >= 15 is 0 Å². The second-order valence-electron chi connectivity index (χ2n) is 5.51. The van der Waals surface area contributed by atoms with Gasteiger partial charge in [0.15, 0.2) is 0 Å². The second kappa shape index (κ2) is 5.64. The quantitative estimate of drug-likeness (QED) is 0.775. The van der Waals surface area contributed by atoms with E-state index in [4.69, 9.17) is 5.14 Å². The number of hydrogen-bond acceptors (Lipinski definition) is 3. The number of nitrogens with two attached hydrogens (primary N) is 1. The molecule has 0 aliphatic heterocycles. The minimum atomic E-state index is -3.83. The summed E-state index contributed by atoms with van der Waals surface area (Å²) >= 11 is 0. The van der Waals surface area contributed by atoms with Crippen LogP contribution in [0.25, 0.3) is 22.4 Å². The molecule has 5 nitrogen and oxygen atoms in total. The summed E-state index contributed by atoms with van der Waals surface area (Å²) in [5.41, 5.74) is 5.18.